The van der Waals surface area contributed by atoms with Gasteiger partial charge in [-0.25, -0.2) is 0 Å². The lowest BCUT2D eigenvalue weighted by Gasteiger charge is -2.33. The molecular weight excluding hydrogens is 234 g/mol. The molecule has 0 spiro atoms. The van der Waals surface area contributed by atoms with Crippen molar-refractivity contribution in [1.29, 1.82) is 0 Å². The highest BCUT2D eigenvalue weighted by Crippen LogP contribution is 2.27. The van der Waals surface area contributed by atoms with Crippen molar-refractivity contribution < 1.29 is 5.11 Å². The van der Waals surface area contributed by atoms with E-state index in [-0.39, 0.29) is 6.10 Å². The van der Waals surface area contributed by atoms with E-state index in [0.717, 1.165) is 30.8 Å². The Kier molecular flexibility index (Phi) is 4.43. The van der Waals surface area contributed by atoms with Crippen LogP contribution in [-0.2, 0) is 0 Å². The Morgan fingerprint density at radius 2 is 2.00 bits per heavy atom. The second-order valence-electron chi connectivity index (χ2n) is 4.91. The van der Waals surface area contributed by atoms with Gasteiger partial charge in [0.25, 0.3) is 0 Å². The van der Waals surface area contributed by atoms with Gasteiger partial charge in [-0.1, -0.05) is 30.7 Å². The number of hydrogen-bond donors (Lipinski definition) is 2. The molecule has 1 atom stereocenters. The van der Waals surface area contributed by atoms with Crippen LogP contribution in [0.1, 0.15) is 37.8 Å². The summed E-state index contributed by atoms with van der Waals surface area (Å²) in [6.07, 6.45) is 2.91. The fourth-order valence-corrected chi connectivity index (χ4v) is 2.50. The standard InChI is InChI=1S/C14H20ClNO/c1-2-14(11-3-5-12(15)6-4-11)16-9-10-7-13(17)8-10/h3-6,10,13-14,16-17H,2,7-9H2,1H3. The summed E-state index contributed by atoms with van der Waals surface area (Å²) in [4.78, 5) is 0. The van der Waals surface area contributed by atoms with Crippen LogP contribution in [-0.4, -0.2) is 17.8 Å². The van der Waals surface area contributed by atoms with Gasteiger partial charge in [-0.2, -0.15) is 0 Å². The molecule has 2 N–H and O–H groups in total. The fraction of sp³-hybridized carbons (Fsp3) is 0.571. The molecule has 0 bridgehead atoms. The molecule has 0 aliphatic heterocycles. The Bertz CT molecular complexity index is 346. The maximum atomic E-state index is 9.25. The van der Waals surface area contributed by atoms with Crippen LogP contribution in [0, 0.1) is 5.92 Å². The summed E-state index contributed by atoms with van der Waals surface area (Å²) in [6, 6.07) is 8.44. The lowest BCUT2D eigenvalue weighted by molar-refractivity contribution is 0.0418. The summed E-state index contributed by atoms with van der Waals surface area (Å²) in [7, 11) is 0. The molecule has 94 valence electrons. The van der Waals surface area contributed by atoms with Gasteiger partial charge in [0.05, 0.1) is 6.10 Å². The van der Waals surface area contributed by atoms with E-state index < -0.39 is 0 Å². The number of nitrogens with one attached hydrogen (secondary N) is 1. The lowest BCUT2D eigenvalue weighted by atomic mass is 9.82. The zero-order valence-corrected chi connectivity index (χ0v) is 11.0. The summed E-state index contributed by atoms with van der Waals surface area (Å²) in [5, 5.41) is 13.6. The van der Waals surface area contributed by atoms with Gasteiger partial charge >= 0.3 is 0 Å². The molecule has 1 aromatic carbocycles. The van der Waals surface area contributed by atoms with Crippen molar-refractivity contribution in [2.45, 2.75) is 38.3 Å². The van der Waals surface area contributed by atoms with Crippen molar-refractivity contribution >= 4 is 11.6 Å². The second kappa shape index (κ2) is 5.85. The number of hydrogen-bond acceptors (Lipinski definition) is 2. The molecule has 0 radical (unpaired) electrons. The van der Waals surface area contributed by atoms with E-state index >= 15 is 0 Å². The summed E-state index contributed by atoms with van der Waals surface area (Å²) in [5.41, 5.74) is 1.29. The second-order valence-corrected chi connectivity index (χ2v) is 5.35. The third kappa shape index (κ3) is 3.44. The van der Waals surface area contributed by atoms with Crippen molar-refractivity contribution in [2.24, 2.45) is 5.92 Å². The van der Waals surface area contributed by atoms with E-state index in [0.29, 0.717) is 12.0 Å². The first-order valence-electron chi connectivity index (χ1n) is 6.36. The maximum Gasteiger partial charge on any atom is 0.0546 e. The Morgan fingerprint density at radius 1 is 1.35 bits per heavy atom. The fourth-order valence-electron chi connectivity index (χ4n) is 2.37. The first-order chi connectivity index (χ1) is 8.19. The average molecular weight is 254 g/mol. The third-order valence-corrected chi connectivity index (χ3v) is 3.80. The number of benzene rings is 1. The molecule has 1 fully saturated rings. The Morgan fingerprint density at radius 3 is 2.53 bits per heavy atom. The van der Waals surface area contributed by atoms with Gasteiger partial charge < -0.3 is 10.4 Å². The van der Waals surface area contributed by atoms with E-state index in [2.05, 4.69) is 24.4 Å². The Labute approximate surface area is 108 Å². The molecule has 1 aromatic rings. The minimum Gasteiger partial charge on any atom is -0.393 e. The number of rotatable bonds is 5. The van der Waals surface area contributed by atoms with Crippen LogP contribution in [0.15, 0.2) is 24.3 Å². The summed E-state index contributed by atoms with van der Waals surface area (Å²) < 4.78 is 0. The molecule has 17 heavy (non-hydrogen) atoms. The van der Waals surface area contributed by atoms with Crippen LogP contribution in [0.4, 0.5) is 0 Å². The molecule has 0 aromatic heterocycles. The minimum absolute atomic E-state index is 0.0580. The van der Waals surface area contributed by atoms with Gasteiger partial charge in [0.1, 0.15) is 0 Å². The monoisotopic (exact) mass is 253 g/mol. The van der Waals surface area contributed by atoms with Crippen molar-refractivity contribution in [3.05, 3.63) is 34.9 Å². The smallest absolute Gasteiger partial charge is 0.0546 e. The van der Waals surface area contributed by atoms with E-state index in [9.17, 15) is 5.11 Å². The molecule has 1 saturated carbocycles. The van der Waals surface area contributed by atoms with Crippen LogP contribution in [0.5, 0.6) is 0 Å². The van der Waals surface area contributed by atoms with Crippen LogP contribution in [0.3, 0.4) is 0 Å². The molecule has 1 unspecified atom stereocenters. The van der Waals surface area contributed by atoms with Crippen LogP contribution in [0.2, 0.25) is 5.02 Å². The topological polar surface area (TPSA) is 32.3 Å². The molecule has 0 amide bonds. The van der Waals surface area contributed by atoms with Crippen molar-refractivity contribution in [3.63, 3.8) is 0 Å². The molecule has 1 aliphatic rings. The van der Waals surface area contributed by atoms with E-state index in [4.69, 9.17) is 11.6 Å². The quantitative estimate of drug-likeness (QED) is 0.845. The van der Waals surface area contributed by atoms with E-state index in [1.165, 1.54) is 5.56 Å². The molecule has 3 heteroatoms. The largest absolute Gasteiger partial charge is 0.393 e. The SMILES string of the molecule is CCC(NCC1CC(O)C1)c1ccc(Cl)cc1. The van der Waals surface area contributed by atoms with Gasteiger partial charge in [-0.15, -0.1) is 0 Å². The highest BCUT2D eigenvalue weighted by molar-refractivity contribution is 6.30. The van der Waals surface area contributed by atoms with E-state index in [1.807, 2.05) is 12.1 Å². The van der Waals surface area contributed by atoms with Gasteiger partial charge in [0, 0.05) is 11.1 Å². The molecule has 2 rings (SSSR count). The minimum atomic E-state index is -0.0580. The summed E-state index contributed by atoms with van der Waals surface area (Å²) in [5.74, 6) is 0.645. The molecule has 1 aliphatic carbocycles. The average Bonchev–Trinajstić information content (AvgIpc) is 2.29. The van der Waals surface area contributed by atoms with Gasteiger partial charge in [0.2, 0.25) is 0 Å². The normalized spacial score (nSPS) is 25.4. The van der Waals surface area contributed by atoms with Gasteiger partial charge in [-0.3, -0.25) is 0 Å². The van der Waals surface area contributed by atoms with Gasteiger partial charge in [0.15, 0.2) is 0 Å². The first kappa shape index (κ1) is 12.9. The molecular formula is C14H20ClNO. The zero-order valence-electron chi connectivity index (χ0n) is 10.2. The highest BCUT2D eigenvalue weighted by atomic mass is 35.5. The molecule has 0 saturated heterocycles. The van der Waals surface area contributed by atoms with Crippen molar-refractivity contribution in [2.75, 3.05) is 6.54 Å². The van der Waals surface area contributed by atoms with Gasteiger partial charge in [-0.05, 0) is 49.4 Å². The van der Waals surface area contributed by atoms with Crippen LogP contribution >= 0.6 is 11.6 Å². The van der Waals surface area contributed by atoms with Crippen molar-refractivity contribution in [3.8, 4) is 0 Å². The number of aliphatic hydroxyl groups is 1. The summed E-state index contributed by atoms with van der Waals surface area (Å²) >= 11 is 5.89. The number of aliphatic hydroxyl groups excluding tert-OH is 1. The predicted molar refractivity (Wildman–Crippen MR) is 71.2 cm³/mol. The predicted octanol–water partition coefficient (Wildman–Crippen LogP) is 3.15. The Hall–Kier alpha value is -0.570. The highest BCUT2D eigenvalue weighted by Gasteiger charge is 2.27. The van der Waals surface area contributed by atoms with Crippen LogP contribution in [0.25, 0.3) is 0 Å². The lowest BCUT2D eigenvalue weighted by Crippen LogP contribution is -2.37. The third-order valence-electron chi connectivity index (χ3n) is 3.54. The van der Waals surface area contributed by atoms with E-state index in [1.54, 1.807) is 0 Å². The zero-order chi connectivity index (χ0) is 12.3. The number of halogens is 1. The maximum absolute atomic E-state index is 9.25. The summed E-state index contributed by atoms with van der Waals surface area (Å²) in [6.45, 7) is 3.18. The Balaban J connectivity index is 1.85. The van der Waals surface area contributed by atoms with Crippen LogP contribution < -0.4 is 5.32 Å². The molecule has 0 heterocycles. The first-order valence-corrected chi connectivity index (χ1v) is 6.73. The molecule has 2 nitrogen and oxygen atoms in total. The van der Waals surface area contributed by atoms with Crippen molar-refractivity contribution in [1.82, 2.24) is 5.32 Å².